The molecule has 4 heteroatoms. The van der Waals surface area contributed by atoms with Gasteiger partial charge in [-0.1, -0.05) is 42.5 Å². The van der Waals surface area contributed by atoms with Crippen LogP contribution in [-0.4, -0.2) is 16.1 Å². The molecular weight excluding hydrogens is 238 g/mol. The zero-order chi connectivity index (χ0) is 13.1. The van der Waals surface area contributed by atoms with Crippen molar-refractivity contribution >= 4 is 16.7 Å². The van der Waals surface area contributed by atoms with Crippen molar-refractivity contribution in [3.63, 3.8) is 0 Å². The molecule has 0 bridgehead atoms. The molecule has 3 aromatic rings. The lowest BCUT2D eigenvalue weighted by molar-refractivity contribution is 0.0951. The van der Waals surface area contributed by atoms with Crippen LogP contribution >= 0.6 is 0 Å². The fraction of sp³-hybridized carbons (Fsp3) is 0.0667. The fourth-order valence-electron chi connectivity index (χ4n) is 2.10. The van der Waals surface area contributed by atoms with E-state index >= 15 is 0 Å². The highest BCUT2D eigenvalue weighted by Crippen LogP contribution is 2.18. The third-order valence-corrected chi connectivity index (χ3v) is 3.08. The van der Waals surface area contributed by atoms with Crippen LogP contribution in [0, 0.1) is 0 Å². The fourth-order valence-corrected chi connectivity index (χ4v) is 2.10. The van der Waals surface area contributed by atoms with Gasteiger partial charge in [-0.15, -0.1) is 0 Å². The molecule has 94 valence electrons. The van der Waals surface area contributed by atoms with Gasteiger partial charge in [-0.25, -0.2) is 0 Å². The number of carbonyl (C=O) groups is 1. The maximum Gasteiger partial charge on any atom is 0.254 e. The molecule has 19 heavy (non-hydrogen) atoms. The number of nitrogens with zero attached hydrogens (tertiary/aromatic N) is 1. The van der Waals surface area contributed by atoms with Crippen LogP contribution in [0.3, 0.4) is 0 Å². The van der Waals surface area contributed by atoms with E-state index in [1.807, 2.05) is 24.3 Å². The van der Waals surface area contributed by atoms with Crippen LogP contribution in [0.4, 0.5) is 0 Å². The molecular formula is C15H13N3O. The first-order valence-corrected chi connectivity index (χ1v) is 6.08. The maximum absolute atomic E-state index is 11.8. The molecule has 1 aromatic heterocycles. The third-order valence-electron chi connectivity index (χ3n) is 3.08. The number of hydrogen-bond acceptors (Lipinski definition) is 2. The van der Waals surface area contributed by atoms with Gasteiger partial charge in [0.25, 0.3) is 5.91 Å². The smallest absolute Gasteiger partial charge is 0.254 e. The molecule has 0 saturated heterocycles. The highest BCUT2D eigenvalue weighted by molar-refractivity contribution is 5.94. The Morgan fingerprint density at radius 2 is 2.00 bits per heavy atom. The van der Waals surface area contributed by atoms with Crippen LogP contribution in [0.15, 0.2) is 54.9 Å². The molecule has 1 heterocycles. The number of hydrogen-bond donors (Lipinski definition) is 2. The molecule has 2 aromatic carbocycles. The van der Waals surface area contributed by atoms with Gasteiger partial charge >= 0.3 is 0 Å². The van der Waals surface area contributed by atoms with E-state index in [0.29, 0.717) is 12.1 Å². The monoisotopic (exact) mass is 251 g/mol. The number of amides is 1. The van der Waals surface area contributed by atoms with Crippen LogP contribution < -0.4 is 5.32 Å². The Hall–Kier alpha value is -2.62. The van der Waals surface area contributed by atoms with E-state index in [4.69, 9.17) is 0 Å². The lowest BCUT2D eigenvalue weighted by Crippen LogP contribution is -2.22. The van der Waals surface area contributed by atoms with Gasteiger partial charge < -0.3 is 5.32 Å². The molecule has 4 nitrogen and oxygen atoms in total. The number of fused-ring (bicyclic) bond motifs is 1. The van der Waals surface area contributed by atoms with E-state index in [1.165, 1.54) is 11.6 Å². The summed E-state index contributed by atoms with van der Waals surface area (Å²) in [6.07, 6.45) is 3.09. The molecule has 0 aliphatic carbocycles. The van der Waals surface area contributed by atoms with E-state index in [0.717, 1.165) is 10.9 Å². The Labute approximate surface area is 110 Å². The summed E-state index contributed by atoms with van der Waals surface area (Å²) < 4.78 is 0. The van der Waals surface area contributed by atoms with Crippen LogP contribution in [-0.2, 0) is 6.54 Å². The Bertz CT molecular complexity index is 699. The number of carbonyl (C=O) groups excluding carboxylic acids is 1. The maximum atomic E-state index is 11.8. The summed E-state index contributed by atoms with van der Waals surface area (Å²) in [4.78, 5) is 11.8. The van der Waals surface area contributed by atoms with Gasteiger partial charge in [0.15, 0.2) is 0 Å². The summed E-state index contributed by atoms with van der Waals surface area (Å²) >= 11 is 0. The number of nitrogens with one attached hydrogen (secondary N) is 2. The average molecular weight is 251 g/mol. The van der Waals surface area contributed by atoms with Gasteiger partial charge in [0, 0.05) is 12.7 Å². The first-order valence-electron chi connectivity index (χ1n) is 6.08. The molecule has 0 fully saturated rings. The molecule has 0 saturated carbocycles. The number of aromatic amines is 1. The topological polar surface area (TPSA) is 57.8 Å². The minimum Gasteiger partial charge on any atom is -0.348 e. The molecule has 0 atom stereocenters. The van der Waals surface area contributed by atoms with Crippen molar-refractivity contribution in [3.8, 4) is 0 Å². The Kier molecular flexibility index (Phi) is 2.98. The van der Waals surface area contributed by atoms with Gasteiger partial charge in [0.05, 0.1) is 11.8 Å². The normalized spacial score (nSPS) is 10.5. The van der Waals surface area contributed by atoms with Crippen molar-refractivity contribution in [2.24, 2.45) is 0 Å². The number of aromatic nitrogens is 2. The second kappa shape index (κ2) is 4.94. The molecule has 0 aliphatic heterocycles. The van der Waals surface area contributed by atoms with Crippen LogP contribution in [0.25, 0.3) is 10.8 Å². The van der Waals surface area contributed by atoms with Crippen molar-refractivity contribution < 1.29 is 4.79 Å². The second-order valence-electron chi connectivity index (χ2n) is 4.31. The van der Waals surface area contributed by atoms with Crippen molar-refractivity contribution in [1.29, 1.82) is 0 Å². The van der Waals surface area contributed by atoms with Gasteiger partial charge in [0.1, 0.15) is 0 Å². The van der Waals surface area contributed by atoms with Crippen LogP contribution in [0.2, 0.25) is 0 Å². The first kappa shape index (κ1) is 11.5. The number of rotatable bonds is 3. The molecule has 1 amide bonds. The van der Waals surface area contributed by atoms with Gasteiger partial charge in [-0.05, 0) is 16.3 Å². The van der Waals surface area contributed by atoms with Crippen LogP contribution in [0.1, 0.15) is 15.9 Å². The second-order valence-corrected chi connectivity index (χ2v) is 4.31. The highest BCUT2D eigenvalue weighted by atomic mass is 16.1. The van der Waals surface area contributed by atoms with Crippen molar-refractivity contribution in [3.05, 3.63) is 66.0 Å². The summed E-state index contributed by atoms with van der Waals surface area (Å²) in [5.74, 6) is -0.123. The van der Waals surface area contributed by atoms with E-state index < -0.39 is 0 Å². The van der Waals surface area contributed by atoms with E-state index in [1.54, 1.807) is 6.20 Å². The molecule has 0 radical (unpaired) electrons. The zero-order valence-electron chi connectivity index (χ0n) is 10.3. The summed E-state index contributed by atoms with van der Waals surface area (Å²) in [5, 5.41) is 11.6. The minimum atomic E-state index is -0.123. The van der Waals surface area contributed by atoms with Crippen molar-refractivity contribution in [1.82, 2.24) is 15.5 Å². The molecule has 3 rings (SSSR count). The van der Waals surface area contributed by atoms with Crippen molar-refractivity contribution in [2.45, 2.75) is 6.54 Å². The third kappa shape index (κ3) is 2.33. The number of benzene rings is 2. The molecule has 0 unspecified atom stereocenters. The van der Waals surface area contributed by atoms with Gasteiger partial charge in [0.2, 0.25) is 0 Å². The SMILES string of the molecule is O=C(NCc1cccc2ccccc12)c1cn[nH]c1. The standard InChI is InChI=1S/C15H13N3O/c19-15(13-9-17-18-10-13)16-8-12-6-3-5-11-4-1-2-7-14(11)12/h1-7,9-10H,8H2,(H,16,19)(H,17,18). The number of H-pyrrole nitrogens is 1. The quantitative estimate of drug-likeness (QED) is 0.751. The van der Waals surface area contributed by atoms with E-state index in [2.05, 4.69) is 33.7 Å². The largest absolute Gasteiger partial charge is 0.348 e. The summed E-state index contributed by atoms with van der Waals surface area (Å²) in [5.41, 5.74) is 1.65. The minimum absolute atomic E-state index is 0.123. The Morgan fingerprint density at radius 3 is 2.84 bits per heavy atom. The summed E-state index contributed by atoms with van der Waals surface area (Å²) in [6.45, 7) is 0.505. The lowest BCUT2D eigenvalue weighted by atomic mass is 10.0. The van der Waals surface area contributed by atoms with Crippen molar-refractivity contribution in [2.75, 3.05) is 0 Å². The Morgan fingerprint density at radius 1 is 1.16 bits per heavy atom. The molecule has 2 N–H and O–H groups in total. The molecule has 0 aliphatic rings. The zero-order valence-corrected chi connectivity index (χ0v) is 10.3. The van der Waals surface area contributed by atoms with E-state index in [9.17, 15) is 4.79 Å². The Balaban J connectivity index is 1.81. The van der Waals surface area contributed by atoms with Gasteiger partial charge in [-0.3, -0.25) is 9.89 Å². The first-order chi connectivity index (χ1) is 9.34. The van der Waals surface area contributed by atoms with E-state index in [-0.39, 0.29) is 5.91 Å². The predicted octanol–water partition coefficient (Wildman–Crippen LogP) is 2.49. The summed E-state index contributed by atoms with van der Waals surface area (Å²) in [7, 11) is 0. The predicted molar refractivity (Wildman–Crippen MR) is 73.7 cm³/mol. The van der Waals surface area contributed by atoms with Gasteiger partial charge in [-0.2, -0.15) is 5.10 Å². The highest BCUT2D eigenvalue weighted by Gasteiger charge is 2.07. The average Bonchev–Trinajstić information content (AvgIpc) is 2.99. The lowest BCUT2D eigenvalue weighted by Gasteiger charge is -2.07. The van der Waals surface area contributed by atoms with Crippen LogP contribution in [0.5, 0.6) is 0 Å². The molecule has 0 spiro atoms. The summed E-state index contributed by atoms with van der Waals surface area (Å²) in [6, 6.07) is 14.2.